The van der Waals surface area contributed by atoms with Crippen molar-refractivity contribution in [3.8, 4) is 0 Å². The third kappa shape index (κ3) is 2.72. The zero-order valence-electron chi connectivity index (χ0n) is 10.9. The molecule has 3 rings (SSSR count). The summed E-state index contributed by atoms with van der Waals surface area (Å²) in [6, 6.07) is 6.09. The van der Waals surface area contributed by atoms with Gasteiger partial charge in [0.2, 0.25) is 0 Å². The van der Waals surface area contributed by atoms with Gasteiger partial charge in [-0.25, -0.2) is 4.79 Å². The molecular formula is C14H19N3O2. The topological polar surface area (TPSA) is 53.6 Å². The van der Waals surface area contributed by atoms with Crippen LogP contribution in [0.1, 0.15) is 11.1 Å². The van der Waals surface area contributed by atoms with Gasteiger partial charge >= 0.3 is 6.03 Å². The molecule has 0 spiro atoms. The van der Waals surface area contributed by atoms with Crippen molar-refractivity contribution in [2.75, 3.05) is 38.2 Å². The van der Waals surface area contributed by atoms with Crippen molar-refractivity contribution in [2.45, 2.75) is 13.0 Å². The molecule has 0 atom stereocenters. The van der Waals surface area contributed by atoms with E-state index in [1.54, 1.807) is 0 Å². The Morgan fingerprint density at radius 3 is 3.00 bits per heavy atom. The fourth-order valence-electron chi connectivity index (χ4n) is 2.61. The van der Waals surface area contributed by atoms with Gasteiger partial charge in [-0.2, -0.15) is 0 Å². The van der Waals surface area contributed by atoms with Crippen LogP contribution in [0, 0.1) is 0 Å². The van der Waals surface area contributed by atoms with E-state index in [1.807, 2.05) is 17.0 Å². The lowest BCUT2D eigenvalue weighted by atomic mass is 9.99. The number of anilines is 1. The molecule has 5 heteroatoms. The van der Waals surface area contributed by atoms with Gasteiger partial charge < -0.3 is 20.3 Å². The predicted molar refractivity (Wildman–Crippen MR) is 73.3 cm³/mol. The maximum absolute atomic E-state index is 12.2. The number of nitrogens with zero attached hydrogens (tertiary/aromatic N) is 1. The number of hydrogen-bond donors (Lipinski definition) is 2. The summed E-state index contributed by atoms with van der Waals surface area (Å²) >= 11 is 0. The number of carbonyl (C=O) groups excluding carboxylic acids is 1. The predicted octanol–water partition coefficient (Wildman–Crippen LogP) is 1.20. The summed E-state index contributed by atoms with van der Waals surface area (Å²) in [6.07, 6.45) is 0.967. The third-order valence-electron chi connectivity index (χ3n) is 3.68. The molecule has 1 aromatic carbocycles. The van der Waals surface area contributed by atoms with E-state index in [0.717, 1.165) is 25.2 Å². The molecule has 0 bridgehead atoms. The first-order valence-corrected chi connectivity index (χ1v) is 6.80. The second-order valence-corrected chi connectivity index (χ2v) is 4.90. The van der Waals surface area contributed by atoms with Crippen molar-refractivity contribution in [3.05, 3.63) is 29.3 Å². The molecule has 102 valence electrons. The number of urea groups is 1. The molecule has 5 nitrogen and oxygen atoms in total. The minimum absolute atomic E-state index is 0.0183. The number of rotatable bonds is 1. The van der Waals surface area contributed by atoms with Crippen molar-refractivity contribution < 1.29 is 9.53 Å². The lowest BCUT2D eigenvalue weighted by Gasteiger charge is -2.28. The zero-order chi connectivity index (χ0) is 13.1. The quantitative estimate of drug-likeness (QED) is 0.798. The average molecular weight is 261 g/mol. The Bertz CT molecular complexity index is 470. The van der Waals surface area contributed by atoms with Gasteiger partial charge in [0.25, 0.3) is 0 Å². The van der Waals surface area contributed by atoms with Gasteiger partial charge in [-0.05, 0) is 30.2 Å². The summed E-state index contributed by atoms with van der Waals surface area (Å²) in [7, 11) is 0. The Morgan fingerprint density at radius 2 is 2.16 bits per heavy atom. The summed E-state index contributed by atoms with van der Waals surface area (Å²) in [6.45, 7) is 4.45. The largest absolute Gasteiger partial charge is 0.378 e. The number of ether oxygens (including phenoxy) is 1. The summed E-state index contributed by atoms with van der Waals surface area (Å²) < 4.78 is 5.26. The average Bonchev–Trinajstić information content (AvgIpc) is 2.48. The maximum Gasteiger partial charge on any atom is 0.322 e. The highest BCUT2D eigenvalue weighted by atomic mass is 16.5. The fourth-order valence-corrected chi connectivity index (χ4v) is 2.61. The Kier molecular flexibility index (Phi) is 3.66. The van der Waals surface area contributed by atoms with E-state index < -0.39 is 0 Å². The second kappa shape index (κ2) is 5.59. The van der Waals surface area contributed by atoms with Crippen LogP contribution in [0.25, 0.3) is 0 Å². The van der Waals surface area contributed by atoms with Crippen molar-refractivity contribution in [3.63, 3.8) is 0 Å². The van der Waals surface area contributed by atoms with Crippen molar-refractivity contribution >= 4 is 11.7 Å². The molecular weight excluding hydrogens is 242 g/mol. The molecule has 2 amide bonds. The van der Waals surface area contributed by atoms with Gasteiger partial charge in [-0.15, -0.1) is 0 Å². The van der Waals surface area contributed by atoms with Crippen LogP contribution in [0.15, 0.2) is 18.2 Å². The smallest absolute Gasteiger partial charge is 0.322 e. The van der Waals surface area contributed by atoms with Crippen LogP contribution in [0.2, 0.25) is 0 Å². The van der Waals surface area contributed by atoms with Crippen LogP contribution < -0.4 is 10.6 Å². The van der Waals surface area contributed by atoms with Gasteiger partial charge in [0.05, 0.1) is 13.2 Å². The normalized spacial score (nSPS) is 18.8. The Hall–Kier alpha value is -1.59. The van der Waals surface area contributed by atoms with Crippen LogP contribution in [-0.2, 0) is 17.7 Å². The molecule has 1 fully saturated rings. The molecule has 0 saturated carbocycles. The first-order valence-electron chi connectivity index (χ1n) is 6.80. The van der Waals surface area contributed by atoms with Gasteiger partial charge in [0.15, 0.2) is 0 Å². The van der Waals surface area contributed by atoms with E-state index in [-0.39, 0.29) is 6.03 Å². The minimum Gasteiger partial charge on any atom is -0.378 e. The number of benzene rings is 1. The van der Waals surface area contributed by atoms with Crippen molar-refractivity contribution in [2.24, 2.45) is 0 Å². The van der Waals surface area contributed by atoms with E-state index >= 15 is 0 Å². The third-order valence-corrected chi connectivity index (χ3v) is 3.68. The number of morpholine rings is 1. The number of hydrogen-bond acceptors (Lipinski definition) is 3. The van der Waals surface area contributed by atoms with Gasteiger partial charge in [0.1, 0.15) is 0 Å². The van der Waals surface area contributed by atoms with Crippen LogP contribution in [-0.4, -0.2) is 43.8 Å². The molecule has 2 N–H and O–H groups in total. The SMILES string of the molecule is O=C(Nc1cccc2c1CCNC2)N1CCOCC1. The Balaban J connectivity index is 1.74. The zero-order valence-corrected chi connectivity index (χ0v) is 10.9. The number of nitrogens with one attached hydrogen (secondary N) is 2. The van der Waals surface area contributed by atoms with Gasteiger partial charge in [-0.3, -0.25) is 0 Å². The van der Waals surface area contributed by atoms with E-state index in [4.69, 9.17) is 4.74 Å². The lowest BCUT2D eigenvalue weighted by molar-refractivity contribution is 0.0564. The number of carbonyl (C=O) groups is 1. The number of fused-ring (bicyclic) bond motifs is 1. The van der Waals surface area contributed by atoms with E-state index in [9.17, 15) is 4.79 Å². The molecule has 0 aromatic heterocycles. The van der Waals surface area contributed by atoms with Crippen LogP contribution in [0.4, 0.5) is 10.5 Å². The molecule has 0 aliphatic carbocycles. The number of amides is 2. The Morgan fingerprint density at radius 1 is 1.32 bits per heavy atom. The first kappa shape index (κ1) is 12.4. The molecule has 0 radical (unpaired) electrons. The summed E-state index contributed by atoms with van der Waals surface area (Å²) in [4.78, 5) is 14.0. The monoisotopic (exact) mass is 261 g/mol. The van der Waals surface area contributed by atoms with Gasteiger partial charge in [0, 0.05) is 25.3 Å². The minimum atomic E-state index is -0.0183. The van der Waals surface area contributed by atoms with Crippen LogP contribution in [0.5, 0.6) is 0 Å². The first-order chi connectivity index (χ1) is 9.34. The van der Waals surface area contributed by atoms with E-state index in [1.165, 1.54) is 11.1 Å². The highest BCUT2D eigenvalue weighted by molar-refractivity contribution is 5.90. The fraction of sp³-hybridized carbons (Fsp3) is 0.500. The standard InChI is InChI=1S/C14H19N3O2/c18-14(17-6-8-19-9-7-17)16-13-3-1-2-11-10-15-5-4-12(11)13/h1-3,15H,4-10H2,(H,16,18). The maximum atomic E-state index is 12.2. The molecule has 1 aromatic rings. The molecule has 1 saturated heterocycles. The summed E-state index contributed by atoms with van der Waals surface area (Å²) in [5.41, 5.74) is 3.50. The lowest BCUT2D eigenvalue weighted by Crippen LogP contribution is -2.43. The highest BCUT2D eigenvalue weighted by Gasteiger charge is 2.19. The summed E-state index contributed by atoms with van der Waals surface area (Å²) in [5, 5.41) is 6.39. The summed E-state index contributed by atoms with van der Waals surface area (Å²) in [5.74, 6) is 0. The van der Waals surface area contributed by atoms with Crippen LogP contribution in [0.3, 0.4) is 0 Å². The molecule has 2 heterocycles. The van der Waals surface area contributed by atoms with Crippen LogP contribution >= 0.6 is 0 Å². The highest BCUT2D eigenvalue weighted by Crippen LogP contribution is 2.23. The molecule has 0 unspecified atom stereocenters. The van der Waals surface area contributed by atoms with Gasteiger partial charge in [-0.1, -0.05) is 12.1 Å². The molecule has 19 heavy (non-hydrogen) atoms. The second-order valence-electron chi connectivity index (χ2n) is 4.90. The molecule has 2 aliphatic rings. The van der Waals surface area contributed by atoms with Crippen molar-refractivity contribution in [1.29, 1.82) is 0 Å². The molecule has 2 aliphatic heterocycles. The van der Waals surface area contributed by atoms with E-state index in [0.29, 0.717) is 26.3 Å². The van der Waals surface area contributed by atoms with E-state index in [2.05, 4.69) is 16.7 Å². The van der Waals surface area contributed by atoms with Crippen molar-refractivity contribution in [1.82, 2.24) is 10.2 Å². The Labute approximate surface area is 112 Å².